The minimum atomic E-state index is -3.90. The Morgan fingerprint density at radius 1 is 1.00 bits per heavy atom. The number of primary sulfonamides is 1. The summed E-state index contributed by atoms with van der Waals surface area (Å²) in [4.78, 5) is 17.4. The maximum Gasteiger partial charge on any atom is 0.255 e. The van der Waals surface area contributed by atoms with Crippen molar-refractivity contribution in [1.82, 2.24) is 4.90 Å². The van der Waals surface area contributed by atoms with E-state index in [9.17, 15) is 13.2 Å². The Kier molecular flexibility index (Phi) is 5.97. The van der Waals surface area contributed by atoms with E-state index in [4.69, 9.17) is 5.14 Å². The van der Waals surface area contributed by atoms with Gasteiger partial charge in [-0.25, -0.2) is 13.6 Å². The first-order valence-electron chi connectivity index (χ1n) is 9.56. The quantitative estimate of drug-likeness (QED) is 0.797. The monoisotopic (exact) mass is 416 g/mol. The summed E-state index contributed by atoms with van der Waals surface area (Å²) in [6.45, 7) is 9.46. The number of hydrogen-bond acceptors (Lipinski definition) is 5. The van der Waals surface area contributed by atoms with Crippen molar-refractivity contribution in [3.8, 4) is 0 Å². The molecule has 0 aromatic heterocycles. The zero-order valence-electron chi connectivity index (χ0n) is 17.3. The first kappa shape index (κ1) is 21.3. The molecule has 3 N–H and O–H groups in total. The summed E-state index contributed by atoms with van der Waals surface area (Å²) in [5, 5.41) is 8.16. The van der Waals surface area contributed by atoms with Gasteiger partial charge in [0.1, 0.15) is 0 Å². The van der Waals surface area contributed by atoms with Crippen LogP contribution in [-0.2, 0) is 10.0 Å². The SMILES string of the molecule is Cc1cc(NC(=O)c2cc(C)c(C)c(S(N)(=O)=O)c2)ccc1N1CCN(C)CC1. The van der Waals surface area contributed by atoms with Crippen molar-refractivity contribution in [1.29, 1.82) is 0 Å². The lowest BCUT2D eigenvalue weighted by atomic mass is 10.1. The number of amides is 1. The smallest absolute Gasteiger partial charge is 0.255 e. The molecule has 1 saturated heterocycles. The fraction of sp³-hybridized carbons (Fsp3) is 0.381. The van der Waals surface area contributed by atoms with Gasteiger partial charge in [0.2, 0.25) is 10.0 Å². The number of rotatable bonds is 4. The normalized spacial score (nSPS) is 15.4. The van der Waals surface area contributed by atoms with Gasteiger partial charge in [-0.3, -0.25) is 4.79 Å². The standard InChI is InChI=1S/C21H28N4O3S/c1-14-11-17(13-20(16(14)3)29(22,27)28)21(26)23-18-5-6-19(15(2)12-18)25-9-7-24(4)8-10-25/h5-6,11-13H,7-10H2,1-4H3,(H,23,26)(H2,22,27,28). The molecule has 1 fully saturated rings. The van der Waals surface area contributed by atoms with Crippen molar-refractivity contribution in [2.75, 3.05) is 43.4 Å². The molecule has 0 unspecified atom stereocenters. The molecule has 0 bridgehead atoms. The molecule has 8 heteroatoms. The van der Waals surface area contributed by atoms with Crippen molar-refractivity contribution >= 4 is 27.3 Å². The van der Waals surface area contributed by atoms with Gasteiger partial charge < -0.3 is 15.1 Å². The largest absolute Gasteiger partial charge is 0.369 e. The molecule has 156 valence electrons. The molecule has 0 aliphatic carbocycles. The van der Waals surface area contributed by atoms with Crippen LogP contribution in [0.15, 0.2) is 35.2 Å². The van der Waals surface area contributed by atoms with E-state index >= 15 is 0 Å². The van der Waals surface area contributed by atoms with Crippen LogP contribution in [0.25, 0.3) is 0 Å². The first-order chi connectivity index (χ1) is 13.6. The van der Waals surface area contributed by atoms with Gasteiger partial charge >= 0.3 is 0 Å². The van der Waals surface area contributed by atoms with Crippen molar-refractivity contribution in [3.05, 3.63) is 52.6 Å². The van der Waals surface area contributed by atoms with Gasteiger partial charge in [0, 0.05) is 43.1 Å². The highest BCUT2D eigenvalue weighted by molar-refractivity contribution is 7.89. The lowest BCUT2D eigenvalue weighted by molar-refractivity contribution is 0.102. The van der Waals surface area contributed by atoms with E-state index in [1.807, 2.05) is 25.1 Å². The van der Waals surface area contributed by atoms with Crippen LogP contribution in [0.1, 0.15) is 27.0 Å². The molecular formula is C21H28N4O3S. The third-order valence-corrected chi connectivity index (χ3v) is 6.52. The fourth-order valence-corrected chi connectivity index (χ4v) is 4.47. The number of anilines is 2. The topological polar surface area (TPSA) is 95.7 Å². The van der Waals surface area contributed by atoms with Gasteiger partial charge in [0.05, 0.1) is 4.90 Å². The molecule has 1 heterocycles. The molecule has 1 aliphatic rings. The van der Waals surface area contributed by atoms with Gasteiger partial charge in [-0.2, -0.15) is 0 Å². The Bertz CT molecular complexity index is 1040. The summed E-state index contributed by atoms with van der Waals surface area (Å²) >= 11 is 0. The molecule has 2 aromatic carbocycles. The summed E-state index contributed by atoms with van der Waals surface area (Å²) in [6.07, 6.45) is 0. The molecule has 1 aliphatic heterocycles. The van der Waals surface area contributed by atoms with Crippen molar-refractivity contribution in [3.63, 3.8) is 0 Å². The summed E-state index contributed by atoms with van der Waals surface area (Å²) in [6, 6.07) is 8.84. The molecular weight excluding hydrogens is 388 g/mol. The summed E-state index contributed by atoms with van der Waals surface area (Å²) in [7, 11) is -1.78. The van der Waals surface area contributed by atoms with Gasteiger partial charge in [0.25, 0.3) is 5.91 Å². The Balaban J connectivity index is 1.81. The van der Waals surface area contributed by atoms with E-state index in [1.54, 1.807) is 19.9 Å². The summed E-state index contributed by atoms with van der Waals surface area (Å²) in [5.74, 6) is -0.371. The lowest BCUT2D eigenvalue weighted by Crippen LogP contribution is -2.44. The number of nitrogens with one attached hydrogen (secondary N) is 1. The van der Waals surface area contributed by atoms with Gasteiger partial charge in [-0.15, -0.1) is 0 Å². The Labute approximate surface area is 172 Å². The number of sulfonamides is 1. The van der Waals surface area contributed by atoms with Crippen LogP contribution in [0.5, 0.6) is 0 Å². The van der Waals surface area contributed by atoms with E-state index in [-0.39, 0.29) is 16.4 Å². The molecule has 0 radical (unpaired) electrons. The van der Waals surface area contributed by atoms with Crippen molar-refractivity contribution in [2.45, 2.75) is 25.7 Å². The summed E-state index contributed by atoms with van der Waals surface area (Å²) < 4.78 is 23.7. The van der Waals surface area contributed by atoms with E-state index in [1.165, 1.54) is 11.8 Å². The molecule has 1 amide bonds. The van der Waals surface area contributed by atoms with Crippen LogP contribution < -0.4 is 15.4 Å². The second-order valence-corrected chi connectivity index (χ2v) is 9.24. The number of nitrogens with zero attached hydrogens (tertiary/aromatic N) is 2. The average Bonchev–Trinajstić information content (AvgIpc) is 2.64. The van der Waals surface area contributed by atoms with Crippen LogP contribution in [0.4, 0.5) is 11.4 Å². The third kappa shape index (κ3) is 4.77. The highest BCUT2D eigenvalue weighted by Gasteiger charge is 2.19. The number of carbonyl (C=O) groups excluding carboxylic acids is 1. The second-order valence-electron chi connectivity index (χ2n) is 7.71. The average molecular weight is 417 g/mol. The fourth-order valence-electron chi connectivity index (χ4n) is 3.59. The number of likely N-dealkylation sites (N-methyl/N-ethyl adjacent to an activating group) is 1. The van der Waals surface area contributed by atoms with Crippen LogP contribution in [0.2, 0.25) is 0 Å². The molecule has 2 aromatic rings. The van der Waals surface area contributed by atoms with Crippen LogP contribution in [0.3, 0.4) is 0 Å². The minimum Gasteiger partial charge on any atom is -0.369 e. The maximum absolute atomic E-state index is 12.7. The van der Waals surface area contributed by atoms with E-state index < -0.39 is 10.0 Å². The Morgan fingerprint density at radius 2 is 1.66 bits per heavy atom. The van der Waals surface area contributed by atoms with E-state index in [0.29, 0.717) is 16.8 Å². The number of carbonyl (C=O) groups is 1. The predicted octanol–water partition coefficient (Wildman–Crippen LogP) is 2.26. The Morgan fingerprint density at radius 3 is 2.24 bits per heavy atom. The van der Waals surface area contributed by atoms with Crippen molar-refractivity contribution < 1.29 is 13.2 Å². The number of piperazine rings is 1. The highest BCUT2D eigenvalue weighted by Crippen LogP contribution is 2.26. The van der Waals surface area contributed by atoms with Crippen LogP contribution in [0, 0.1) is 20.8 Å². The van der Waals surface area contributed by atoms with Gasteiger partial charge in [-0.05, 0) is 74.8 Å². The van der Waals surface area contributed by atoms with Crippen LogP contribution in [-0.4, -0.2) is 52.5 Å². The molecule has 29 heavy (non-hydrogen) atoms. The van der Waals surface area contributed by atoms with E-state index in [0.717, 1.165) is 31.7 Å². The van der Waals surface area contributed by atoms with Crippen LogP contribution >= 0.6 is 0 Å². The second kappa shape index (κ2) is 8.14. The maximum atomic E-state index is 12.7. The highest BCUT2D eigenvalue weighted by atomic mass is 32.2. The number of nitrogens with two attached hydrogens (primary N) is 1. The van der Waals surface area contributed by atoms with Gasteiger partial charge in [0.15, 0.2) is 0 Å². The zero-order valence-corrected chi connectivity index (χ0v) is 18.1. The Hall–Kier alpha value is -2.42. The van der Waals surface area contributed by atoms with Crippen molar-refractivity contribution in [2.24, 2.45) is 5.14 Å². The van der Waals surface area contributed by atoms with E-state index in [2.05, 4.69) is 22.2 Å². The van der Waals surface area contributed by atoms with Gasteiger partial charge in [-0.1, -0.05) is 0 Å². The lowest BCUT2D eigenvalue weighted by Gasteiger charge is -2.35. The molecule has 0 saturated carbocycles. The molecule has 0 atom stereocenters. The third-order valence-electron chi connectivity index (χ3n) is 5.49. The number of benzene rings is 2. The number of aryl methyl sites for hydroxylation is 2. The molecule has 7 nitrogen and oxygen atoms in total. The minimum absolute atomic E-state index is 0.0238. The predicted molar refractivity (Wildman–Crippen MR) is 116 cm³/mol. The molecule has 0 spiro atoms. The number of hydrogen-bond donors (Lipinski definition) is 2. The first-order valence-corrected chi connectivity index (χ1v) is 11.1. The summed E-state index contributed by atoms with van der Waals surface area (Å²) in [5.41, 5.74) is 4.43. The molecule has 3 rings (SSSR count). The zero-order chi connectivity index (χ0) is 21.3.